The first-order valence-electron chi connectivity index (χ1n) is 9.95. The number of fused-ring (bicyclic) bond motifs is 1. The fourth-order valence-electron chi connectivity index (χ4n) is 5.44. The van der Waals surface area contributed by atoms with E-state index in [4.69, 9.17) is 0 Å². The van der Waals surface area contributed by atoms with Gasteiger partial charge in [-0.1, -0.05) is 19.3 Å². The minimum Gasteiger partial charge on any atom is -0.353 e. The average Bonchev–Trinajstić information content (AvgIpc) is 2.96. The minimum absolute atomic E-state index is 0.0863. The third-order valence-electron chi connectivity index (χ3n) is 6.97. The molecule has 1 N–H and O–H groups in total. The Morgan fingerprint density at radius 1 is 1.12 bits per heavy atom. The van der Waals surface area contributed by atoms with E-state index in [-0.39, 0.29) is 17.4 Å². The number of carbonyl (C=O) groups is 2. The number of rotatable bonds is 2. The lowest BCUT2D eigenvalue weighted by Gasteiger charge is -2.40. The molecule has 0 aromatic heterocycles. The van der Waals surface area contributed by atoms with E-state index in [9.17, 15) is 9.59 Å². The van der Waals surface area contributed by atoms with E-state index >= 15 is 0 Å². The molecule has 3 heterocycles. The molecule has 0 radical (unpaired) electrons. The molecule has 134 valence electrons. The largest absolute Gasteiger partial charge is 0.353 e. The van der Waals surface area contributed by atoms with Gasteiger partial charge < -0.3 is 10.2 Å². The van der Waals surface area contributed by atoms with Crippen LogP contribution in [0.2, 0.25) is 0 Å². The van der Waals surface area contributed by atoms with Crippen LogP contribution >= 0.6 is 0 Å². The molecule has 24 heavy (non-hydrogen) atoms. The van der Waals surface area contributed by atoms with E-state index in [1.807, 2.05) is 0 Å². The van der Waals surface area contributed by atoms with Gasteiger partial charge in [0, 0.05) is 39.1 Å². The van der Waals surface area contributed by atoms with Gasteiger partial charge in [-0.05, 0) is 43.4 Å². The van der Waals surface area contributed by atoms with Crippen LogP contribution in [0.15, 0.2) is 0 Å². The van der Waals surface area contributed by atoms with E-state index in [0.717, 1.165) is 58.4 Å². The first-order valence-corrected chi connectivity index (χ1v) is 9.95. The first-order chi connectivity index (χ1) is 11.7. The number of amides is 2. The molecule has 0 aromatic carbocycles. The van der Waals surface area contributed by atoms with Crippen molar-refractivity contribution in [2.24, 2.45) is 11.3 Å². The van der Waals surface area contributed by atoms with Gasteiger partial charge >= 0.3 is 0 Å². The molecule has 3 aliphatic heterocycles. The Labute approximate surface area is 145 Å². The highest BCUT2D eigenvalue weighted by Crippen LogP contribution is 2.44. The summed E-state index contributed by atoms with van der Waals surface area (Å²) in [6.45, 7) is 4.62. The zero-order valence-electron chi connectivity index (χ0n) is 14.8. The summed E-state index contributed by atoms with van der Waals surface area (Å²) in [5.74, 6) is 1.23. The molecule has 5 heteroatoms. The molecule has 1 atom stereocenters. The van der Waals surface area contributed by atoms with Crippen molar-refractivity contribution in [3.8, 4) is 0 Å². The minimum atomic E-state index is 0.0863. The zero-order valence-corrected chi connectivity index (χ0v) is 14.8. The Hall–Kier alpha value is -1.10. The van der Waals surface area contributed by atoms with Crippen molar-refractivity contribution in [1.29, 1.82) is 0 Å². The van der Waals surface area contributed by atoms with Crippen molar-refractivity contribution in [2.45, 2.75) is 63.8 Å². The third kappa shape index (κ3) is 3.19. The SMILES string of the molecule is O=C1NCCN2CC3(CCN(C(=O)CC4CCCCC4)CC3)CC12. The number of nitrogens with one attached hydrogen (secondary N) is 1. The van der Waals surface area contributed by atoms with Crippen molar-refractivity contribution in [1.82, 2.24) is 15.1 Å². The molecular weight excluding hydrogens is 302 g/mol. The Kier molecular flexibility index (Phi) is 4.54. The smallest absolute Gasteiger partial charge is 0.237 e. The molecule has 4 aliphatic rings. The van der Waals surface area contributed by atoms with E-state index in [0.29, 0.717) is 11.8 Å². The molecule has 3 saturated heterocycles. The molecule has 1 unspecified atom stereocenters. The van der Waals surface area contributed by atoms with Gasteiger partial charge in [-0.2, -0.15) is 0 Å². The summed E-state index contributed by atoms with van der Waals surface area (Å²) >= 11 is 0. The summed E-state index contributed by atoms with van der Waals surface area (Å²) in [6, 6.07) is 0.0863. The standard InChI is InChI=1S/C19H31N3O2/c23-17(12-15-4-2-1-3-5-15)21-9-6-19(7-10-21)13-16-18(24)20-8-11-22(16)14-19/h15-16H,1-14H2,(H,20,24). The number of hydrogen-bond acceptors (Lipinski definition) is 3. The Morgan fingerprint density at radius 2 is 1.88 bits per heavy atom. The summed E-state index contributed by atoms with van der Waals surface area (Å²) in [5, 5.41) is 3.00. The average molecular weight is 333 g/mol. The summed E-state index contributed by atoms with van der Waals surface area (Å²) in [4.78, 5) is 29.2. The van der Waals surface area contributed by atoms with Crippen LogP contribution in [0, 0.1) is 11.3 Å². The van der Waals surface area contributed by atoms with Crippen molar-refractivity contribution in [3.05, 3.63) is 0 Å². The number of carbonyl (C=O) groups excluding carboxylic acids is 2. The second kappa shape index (κ2) is 6.66. The molecule has 5 nitrogen and oxygen atoms in total. The van der Waals surface area contributed by atoms with Crippen LogP contribution in [0.3, 0.4) is 0 Å². The zero-order chi connectivity index (χ0) is 16.6. The lowest BCUT2D eigenvalue weighted by Crippen LogP contribution is -2.52. The molecule has 1 spiro atoms. The summed E-state index contributed by atoms with van der Waals surface area (Å²) in [5.41, 5.74) is 0.272. The van der Waals surface area contributed by atoms with Gasteiger partial charge in [0.25, 0.3) is 0 Å². The highest BCUT2D eigenvalue weighted by Gasteiger charge is 2.49. The monoisotopic (exact) mass is 333 g/mol. The summed E-state index contributed by atoms with van der Waals surface area (Å²) < 4.78 is 0. The van der Waals surface area contributed by atoms with Gasteiger partial charge in [-0.3, -0.25) is 14.5 Å². The van der Waals surface area contributed by atoms with Crippen LogP contribution in [0.25, 0.3) is 0 Å². The molecule has 2 amide bonds. The second-order valence-corrected chi connectivity index (χ2v) is 8.57. The molecular formula is C19H31N3O2. The Bertz CT molecular complexity index is 493. The lowest BCUT2D eigenvalue weighted by atomic mass is 9.76. The van der Waals surface area contributed by atoms with Crippen molar-refractivity contribution in [2.75, 3.05) is 32.7 Å². The molecule has 1 saturated carbocycles. The predicted octanol–water partition coefficient (Wildman–Crippen LogP) is 1.77. The van der Waals surface area contributed by atoms with Crippen LogP contribution in [0.1, 0.15) is 57.8 Å². The maximum atomic E-state index is 12.6. The van der Waals surface area contributed by atoms with Gasteiger partial charge in [0.1, 0.15) is 0 Å². The second-order valence-electron chi connectivity index (χ2n) is 8.57. The van der Waals surface area contributed by atoms with Gasteiger partial charge in [0.15, 0.2) is 0 Å². The van der Waals surface area contributed by atoms with Gasteiger partial charge in [0.05, 0.1) is 6.04 Å². The summed E-state index contributed by atoms with van der Waals surface area (Å²) in [7, 11) is 0. The number of piperazine rings is 1. The van der Waals surface area contributed by atoms with Crippen molar-refractivity contribution < 1.29 is 9.59 Å². The number of likely N-dealkylation sites (tertiary alicyclic amines) is 1. The van der Waals surface area contributed by atoms with Crippen LogP contribution in [0.4, 0.5) is 0 Å². The van der Waals surface area contributed by atoms with Crippen LogP contribution in [-0.2, 0) is 9.59 Å². The van der Waals surface area contributed by atoms with E-state index in [1.54, 1.807) is 0 Å². The number of piperidine rings is 1. The highest BCUT2D eigenvalue weighted by atomic mass is 16.2. The van der Waals surface area contributed by atoms with Crippen molar-refractivity contribution >= 4 is 11.8 Å². The Balaban J connectivity index is 1.30. The summed E-state index contributed by atoms with van der Waals surface area (Å²) in [6.07, 6.45) is 10.4. The molecule has 1 aliphatic carbocycles. The molecule has 4 fully saturated rings. The van der Waals surface area contributed by atoms with Gasteiger partial charge in [0.2, 0.25) is 11.8 Å². The van der Waals surface area contributed by atoms with Gasteiger partial charge in [-0.15, -0.1) is 0 Å². The van der Waals surface area contributed by atoms with Crippen LogP contribution < -0.4 is 5.32 Å². The number of hydrogen-bond donors (Lipinski definition) is 1. The first kappa shape index (κ1) is 16.4. The maximum absolute atomic E-state index is 12.6. The van der Waals surface area contributed by atoms with Crippen molar-refractivity contribution in [3.63, 3.8) is 0 Å². The maximum Gasteiger partial charge on any atom is 0.237 e. The van der Waals surface area contributed by atoms with E-state index in [2.05, 4.69) is 15.1 Å². The topological polar surface area (TPSA) is 52.7 Å². The fraction of sp³-hybridized carbons (Fsp3) is 0.895. The molecule has 0 bridgehead atoms. The fourth-order valence-corrected chi connectivity index (χ4v) is 5.44. The van der Waals surface area contributed by atoms with Crippen LogP contribution in [0.5, 0.6) is 0 Å². The van der Waals surface area contributed by atoms with E-state index < -0.39 is 0 Å². The predicted molar refractivity (Wildman–Crippen MR) is 92.4 cm³/mol. The third-order valence-corrected chi connectivity index (χ3v) is 6.97. The molecule has 0 aromatic rings. The molecule has 4 rings (SSSR count). The quantitative estimate of drug-likeness (QED) is 0.838. The van der Waals surface area contributed by atoms with E-state index in [1.165, 1.54) is 32.1 Å². The highest BCUT2D eigenvalue weighted by molar-refractivity contribution is 5.83. The number of nitrogens with zero attached hydrogens (tertiary/aromatic N) is 2. The normalized spacial score (nSPS) is 31.1. The van der Waals surface area contributed by atoms with Gasteiger partial charge in [-0.25, -0.2) is 0 Å². The van der Waals surface area contributed by atoms with Crippen LogP contribution in [-0.4, -0.2) is 60.4 Å². The lowest BCUT2D eigenvalue weighted by molar-refractivity contribution is -0.134. The Morgan fingerprint density at radius 3 is 2.58 bits per heavy atom.